The molecule has 0 radical (unpaired) electrons. The number of halogens is 3. The van der Waals surface area contributed by atoms with Gasteiger partial charge in [-0.1, -0.05) is 36.4 Å². The summed E-state index contributed by atoms with van der Waals surface area (Å²) in [7, 11) is 0. The first kappa shape index (κ1) is 22.3. The second kappa shape index (κ2) is 8.55. The molecule has 0 fully saturated rings. The average molecular weight is 475 g/mol. The van der Waals surface area contributed by atoms with Crippen LogP contribution in [0.4, 0.5) is 13.2 Å². The van der Waals surface area contributed by atoms with E-state index in [0.29, 0.717) is 26.9 Å². The third-order valence-corrected chi connectivity index (χ3v) is 7.08. The van der Waals surface area contributed by atoms with Gasteiger partial charge in [-0.15, -0.1) is 23.1 Å². The SMILES string of the molecule is Cc1c(SCc2ccc(C(=O)c3ccc(C(F)(F)F)cc3)cc2)nc2scc(C)n2c1=O. The Hall–Kier alpha value is -2.91. The summed E-state index contributed by atoms with van der Waals surface area (Å²) in [6, 6.07) is 11.1. The van der Waals surface area contributed by atoms with Crippen molar-refractivity contribution in [1.82, 2.24) is 9.38 Å². The van der Waals surface area contributed by atoms with Crippen molar-refractivity contribution in [2.75, 3.05) is 0 Å². The predicted octanol–water partition coefficient (Wildman–Crippen LogP) is 5.91. The van der Waals surface area contributed by atoms with Crippen LogP contribution in [0.3, 0.4) is 0 Å². The van der Waals surface area contributed by atoms with Crippen LogP contribution in [0.5, 0.6) is 0 Å². The molecule has 0 saturated heterocycles. The molecule has 0 amide bonds. The molecule has 0 unspecified atom stereocenters. The number of alkyl halides is 3. The molecule has 0 aliphatic carbocycles. The third kappa shape index (κ3) is 4.35. The number of thiazole rings is 1. The molecule has 4 rings (SSSR count). The van der Waals surface area contributed by atoms with Crippen molar-refractivity contribution in [2.24, 2.45) is 0 Å². The van der Waals surface area contributed by atoms with E-state index in [9.17, 15) is 22.8 Å². The van der Waals surface area contributed by atoms with E-state index in [2.05, 4.69) is 4.98 Å². The number of aryl methyl sites for hydroxylation is 1. The second-order valence-electron chi connectivity index (χ2n) is 7.23. The highest BCUT2D eigenvalue weighted by Crippen LogP contribution is 2.29. The zero-order valence-electron chi connectivity index (χ0n) is 17.1. The third-order valence-electron chi connectivity index (χ3n) is 4.99. The average Bonchev–Trinajstić information content (AvgIpc) is 3.15. The maximum atomic E-state index is 12.7. The van der Waals surface area contributed by atoms with Crippen LogP contribution in [0.2, 0.25) is 0 Å². The lowest BCUT2D eigenvalue weighted by molar-refractivity contribution is -0.137. The molecule has 0 atom stereocenters. The Kier molecular flexibility index (Phi) is 5.96. The van der Waals surface area contributed by atoms with Crippen LogP contribution in [0, 0.1) is 13.8 Å². The summed E-state index contributed by atoms with van der Waals surface area (Å²) < 4.78 is 39.7. The number of ketones is 1. The van der Waals surface area contributed by atoms with Crippen molar-refractivity contribution >= 4 is 33.8 Å². The Bertz CT molecular complexity index is 1360. The Morgan fingerprint density at radius 1 is 1.03 bits per heavy atom. The van der Waals surface area contributed by atoms with Crippen LogP contribution in [0.25, 0.3) is 4.96 Å². The van der Waals surface area contributed by atoms with Crippen LogP contribution in [0.15, 0.2) is 63.7 Å². The molecule has 0 aliphatic rings. The van der Waals surface area contributed by atoms with E-state index in [1.165, 1.54) is 35.2 Å². The first-order valence-electron chi connectivity index (χ1n) is 9.56. The molecule has 2 aromatic heterocycles. The van der Waals surface area contributed by atoms with E-state index in [0.717, 1.165) is 23.4 Å². The fourth-order valence-corrected chi connectivity index (χ4v) is 5.04. The van der Waals surface area contributed by atoms with Crippen molar-refractivity contribution in [3.8, 4) is 0 Å². The molecule has 0 aliphatic heterocycles. The van der Waals surface area contributed by atoms with E-state index in [1.807, 2.05) is 12.3 Å². The Morgan fingerprint density at radius 3 is 2.22 bits per heavy atom. The minimum Gasteiger partial charge on any atom is -0.289 e. The summed E-state index contributed by atoms with van der Waals surface area (Å²) in [6.07, 6.45) is -4.44. The summed E-state index contributed by atoms with van der Waals surface area (Å²) in [5.41, 5.74) is 2.09. The van der Waals surface area contributed by atoms with Crippen molar-refractivity contribution in [3.63, 3.8) is 0 Å². The number of carbonyl (C=O) groups is 1. The number of fused-ring (bicyclic) bond motifs is 1. The smallest absolute Gasteiger partial charge is 0.289 e. The van der Waals surface area contributed by atoms with Crippen LogP contribution < -0.4 is 5.56 Å². The van der Waals surface area contributed by atoms with Gasteiger partial charge in [-0.3, -0.25) is 14.0 Å². The van der Waals surface area contributed by atoms with Crippen LogP contribution in [-0.4, -0.2) is 15.2 Å². The lowest BCUT2D eigenvalue weighted by atomic mass is 10.0. The van der Waals surface area contributed by atoms with Gasteiger partial charge < -0.3 is 0 Å². The lowest BCUT2D eigenvalue weighted by Gasteiger charge is -2.08. The van der Waals surface area contributed by atoms with E-state index in [-0.39, 0.29) is 16.9 Å². The van der Waals surface area contributed by atoms with E-state index >= 15 is 0 Å². The highest BCUT2D eigenvalue weighted by atomic mass is 32.2. The van der Waals surface area contributed by atoms with Crippen LogP contribution >= 0.6 is 23.1 Å². The molecular formula is C23H17F3N2O2S2. The molecule has 0 N–H and O–H groups in total. The summed E-state index contributed by atoms with van der Waals surface area (Å²) in [4.78, 5) is 30.4. The van der Waals surface area contributed by atoms with E-state index in [1.54, 1.807) is 35.6 Å². The number of hydrogen-bond donors (Lipinski definition) is 0. The molecule has 2 aromatic carbocycles. The minimum absolute atomic E-state index is 0.0752. The van der Waals surface area contributed by atoms with Gasteiger partial charge in [0, 0.05) is 33.5 Å². The maximum Gasteiger partial charge on any atom is 0.416 e. The second-order valence-corrected chi connectivity index (χ2v) is 9.03. The van der Waals surface area contributed by atoms with Crippen LogP contribution in [-0.2, 0) is 11.9 Å². The van der Waals surface area contributed by atoms with Crippen molar-refractivity contribution in [3.05, 3.63) is 97.8 Å². The van der Waals surface area contributed by atoms with Gasteiger partial charge in [-0.05, 0) is 31.5 Å². The van der Waals surface area contributed by atoms with E-state index < -0.39 is 11.7 Å². The van der Waals surface area contributed by atoms with Crippen molar-refractivity contribution in [2.45, 2.75) is 30.8 Å². The highest BCUT2D eigenvalue weighted by Gasteiger charge is 2.30. The summed E-state index contributed by atoms with van der Waals surface area (Å²) in [5, 5.41) is 2.56. The molecule has 164 valence electrons. The van der Waals surface area contributed by atoms with Gasteiger partial charge in [0.15, 0.2) is 10.7 Å². The molecule has 0 saturated carbocycles. The molecule has 2 heterocycles. The molecular weight excluding hydrogens is 457 g/mol. The van der Waals surface area contributed by atoms with Crippen molar-refractivity contribution in [1.29, 1.82) is 0 Å². The monoisotopic (exact) mass is 474 g/mol. The zero-order valence-corrected chi connectivity index (χ0v) is 18.7. The molecule has 4 nitrogen and oxygen atoms in total. The lowest BCUT2D eigenvalue weighted by Crippen LogP contribution is -2.18. The topological polar surface area (TPSA) is 51.4 Å². The number of thioether (sulfide) groups is 1. The number of benzene rings is 2. The van der Waals surface area contributed by atoms with Gasteiger partial charge in [0.2, 0.25) is 0 Å². The van der Waals surface area contributed by atoms with Gasteiger partial charge in [0.05, 0.1) is 5.56 Å². The van der Waals surface area contributed by atoms with Gasteiger partial charge in [0.1, 0.15) is 5.03 Å². The molecule has 32 heavy (non-hydrogen) atoms. The maximum absolute atomic E-state index is 12.7. The largest absolute Gasteiger partial charge is 0.416 e. The normalized spacial score (nSPS) is 11.8. The summed E-state index contributed by atoms with van der Waals surface area (Å²) >= 11 is 2.86. The van der Waals surface area contributed by atoms with E-state index in [4.69, 9.17) is 0 Å². The van der Waals surface area contributed by atoms with Crippen molar-refractivity contribution < 1.29 is 18.0 Å². The number of nitrogens with zero attached hydrogens (tertiary/aromatic N) is 2. The first-order valence-corrected chi connectivity index (χ1v) is 11.4. The number of carbonyl (C=O) groups excluding carboxylic acids is 1. The van der Waals surface area contributed by atoms with Crippen LogP contribution in [0.1, 0.15) is 38.3 Å². The minimum atomic E-state index is -4.44. The fourth-order valence-electron chi connectivity index (χ4n) is 3.17. The Labute approximate surface area is 189 Å². The molecule has 9 heteroatoms. The molecule has 0 bridgehead atoms. The Morgan fingerprint density at radius 2 is 1.62 bits per heavy atom. The predicted molar refractivity (Wildman–Crippen MR) is 120 cm³/mol. The molecule has 4 aromatic rings. The molecule has 0 spiro atoms. The summed E-state index contributed by atoms with van der Waals surface area (Å²) in [5.74, 6) is 0.213. The number of rotatable bonds is 5. The Balaban J connectivity index is 1.47. The fraction of sp³-hybridized carbons (Fsp3) is 0.174. The highest BCUT2D eigenvalue weighted by molar-refractivity contribution is 7.98. The zero-order chi connectivity index (χ0) is 23.0. The van der Waals surface area contributed by atoms with Gasteiger partial charge in [-0.2, -0.15) is 13.2 Å². The first-order chi connectivity index (χ1) is 15.1. The van der Waals surface area contributed by atoms with Gasteiger partial charge in [0.25, 0.3) is 5.56 Å². The number of aromatic nitrogens is 2. The quantitative estimate of drug-likeness (QED) is 0.205. The number of hydrogen-bond acceptors (Lipinski definition) is 5. The van der Waals surface area contributed by atoms with Gasteiger partial charge >= 0.3 is 6.18 Å². The van der Waals surface area contributed by atoms with Gasteiger partial charge in [-0.25, -0.2) is 4.98 Å². The standard InChI is InChI=1S/C23H17F3N2O2S2/c1-13-11-32-22-27-20(14(2)21(30)28(13)22)31-12-15-3-5-16(6-4-15)19(29)17-7-9-18(10-8-17)23(24,25)26/h3-11H,12H2,1-2H3. The summed E-state index contributed by atoms with van der Waals surface area (Å²) in [6.45, 7) is 3.62.